The summed E-state index contributed by atoms with van der Waals surface area (Å²) in [5.74, 6) is 0.295. The number of aryl methyl sites for hydroxylation is 1. The van der Waals surface area contributed by atoms with Crippen LogP contribution in [0.15, 0.2) is 61.2 Å². The second-order valence-corrected chi connectivity index (χ2v) is 5.75. The molecule has 0 saturated heterocycles. The predicted octanol–water partition coefficient (Wildman–Crippen LogP) is 3.15. The highest BCUT2D eigenvalue weighted by atomic mass is 16.3. The number of aromatic hydroxyl groups is 1. The molecule has 6 heteroatoms. The van der Waals surface area contributed by atoms with Crippen molar-refractivity contribution in [2.45, 2.75) is 19.3 Å². The van der Waals surface area contributed by atoms with Crippen molar-refractivity contribution in [3.8, 4) is 11.8 Å². The van der Waals surface area contributed by atoms with Crippen LogP contribution in [-0.2, 0) is 6.42 Å². The van der Waals surface area contributed by atoms with Crippen molar-refractivity contribution in [3.63, 3.8) is 0 Å². The molecule has 0 spiro atoms. The maximum Gasteiger partial charge on any atom is 0.139 e. The molecule has 0 aliphatic heterocycles. The summed E-state index contributed by atoms with van der Waals surface area (Å²) in [5, 5.41) is 28.1. The number of anilines is 1. The SMILES string of the molecule is N#Cc1ccc(N(CCCCc2ccc(O)cc2)n2cnnc2)cc1. The van der Waals surface area contributed by atoms with Crippen LogP contribution >= 0.6 is 0 Å². The minimum absolute atomic E-state index is 0.295. The van der Waals surface area contributed by atoms with Gasteiger partial charge in [-0.15, -0.1) is 10.2 Å². The first-order chi connectivity index (χ1) is 12.3. The van der Waals surface area contributed by atoms with E-state index in [2.05, 4.69) is 21.3 Å². The van der Waals surface area contributed by atoms with E-state index in [1.807, 2.05) is 41.1 Å². The quantitative estimate of drug-likeness (QED) is 0.672. The Labute approximate surface area is 146 Å². The van der Waals surface area contributed by atoms with E-state index in [0.29, 0.717) is 11.3 Å². The molecule has 6 nitrogen and oxygen atoms in total. The minimum Gasteiger partial charge on any atom is -0.508 e. The number of phenolic OH excluding ortho intramolecular Hbond substituents is 1. The molecule has 0 saturated carbocycles. The Morgan fingerprint density at radius 3 is 2.28 bits per heavy atom. The number of benzene rings is 2. The fraction of sp³-hybridized carbons (Fsp3) is 0.211. The van der Waals surface area contributed by atoms with Gasteiger partial charge in [0.2, 0.25) is 0 Å². The van der Waals surface area contributed by atoms with E-state index >= 15 is 0 Å². The summed E-state index contributed by atoms with van der Waals surface area (Å²) in [6.07, 6.45) is 6.30. The zero-order valence-corrected chi connectivity index (χ0v) is 13.8. The summed E-state index contributed by atoms with van der Waals surface area (Å²) >= 11 is 0. The van der Waals surface area contributed by atoms with Crippen molar-refractivity contribution < 1.29 is 5.11 Å². The van der Waals surface area contributed by atoms with E-state index in [9.17, 15) is 5.11 Å². The van der Waals surface area contributed by atoms with Gasteiger partial charge in [-0.2, -0.15) is 5.26 Å². The van der Waals surface area contributed by atoms with Crippen molar-refractivity contribution in [2.24, 2.45) is 0 Å². The highest BCUT2D eigenvalue weighted by Crippen LogP contribution is 2.17. The van der Waals surface area contributed by atoms with E-state index < -0.39 is 0 Å². The van der Waals surface area contributed by atoms with E-state index in [4.69, 9.17) is 5.26 Å². The van der Waals surface area contributed by atoms with Gasteiger partial charge in [-0.3, -0.25) is 5.01 Å². The Hall–Kier alpha value is -3.33. The molecule has 1 N–H and O–H groups in total. The van der Waals surface area contributed by atoms with E-state index in [1.165, 1.54) is 5.56 Å². The summed E-state index contributed by atoms with van der Waals surface area (Å²) in [7, 11) is 0. The van der Waals surface area contributed by atoms with Crippen LogP contribution in [0, 0.1) is 11.3 Å². The van der Waals surface area contributed by atoms with Gasteiger partial charge in [-0.05, 0) is 61.2 Å². The lowest BCUT2D eigenvalue weighted by Gasteiger charge is -2.25. The van der Waals surface area contributed by atoms with Gasteiger partial charge in [-0.1, -0.05) is 12.1 Å². The van der Waals surface area contributed by atoms with Gasteiger partial charge in [0.25, 0.3) is 0 Å². The van der Waals surface area contributed by atoms with E-state index in [-0.39, 0.29) is 0 Å². The number of hydrogen-bond acceptors (Lipinski definition) is 5. The molecular formula is C19H19N5O. The first-order valence-corrected chi connectivity index (χ1v) is 8.17. The second kappa shape index (κ2) is 7.97. The number of phenols is 1. The maximum atomic E-state index is 9.33. The number of unbranched alkanes of at least 4 members (excludes halogenated alkanes) is 1. The van der Waals surface area contributed by atoms with Gasteiger partial charge >= 0.3 is 0 Å². The molecule has 0 amide bonds. The molecule has 0 aliphatic rings. The first kappa shape index (κ1) is 16.5. The lowest BCUT2D eigenvalue weighted by molar-refractivity contribution is 0.475. The zero-order chi connectivity index (χ0) is 17.5. The fourth-order valence-electron chi connectivity index (χ4n) is 2.66. The molecule has 0 radical (unpaired) electrons. The average molecular weight is 333 g/mol. The number of nitriles is 1. The van der Waals surface area contributed by atoms with Crippen molar-refractivity contribution >= 4 is 5.69 Å². The number of rotatable bonds is 7. The van der Waals surface area contributed by atoms with Crippen LogP contribution in [0.5, 0.6) is 5.75 Å². The van der Waals surface area contributed by atoms with Gasteiger partial charge in [0.05, 0.1) is 17.3 Å². The van der Waals surface area contributed by atoms with Gasteiger partial charge < -0.3 is 5.11 Å². The van der Waals surface area contributed by atoms with Gasteiger partial charge in [0, 0.05) is 6.54 Å². The minimum atomic E-state index is 0.295. The average Bonchev–Trinajstić information content (AvgIpc) is 3.18. The maximum absolute atomic E-state index is 9.33. The molecule has 25 heavy (non-hydrogen) atoms. The van der Waals surface area contributed by atoms with Crippen LogP contribution in [0.2, 0.25) is 0 Å². The third kappa shape index (κ3) is 4.36. The Bertz CT molecular complexity index is 820. The Kier molecular flexibility index (Phi) is 5.27. The van der Waals surface area contributed by atoms with E-state index in [1.54, 1.807) is 24.8 Å². The summed E-state index contributed by atoms with van der Waals surface area (Å²) in [6, 6.07) is 16.9. The molecule has 1 heterocycles. The van der Waals surface area contributed by atoms with Crippen molar-refractivity contribution in [1.82, 2.24) is 14.9 Å². The van der Waals surface area contributed by atoms with Crippen LogP contribution in [0.1, 0.15) is 24.0 Å². The van der Waals surface area contributed by atoms with E-state index in [0.717, 1.165) is 31.5 Å². The molecule has 0 unspecified atom stereocenters. The topological polar surface area (TPSA) is 78.0 Å². The zero-order valence-electron chi connectivity index (χ0n) is 13.8. The fourth-order valence-corrected chi connectivity index (χ4v) is 2.66. The molecule has 3 rings (SSSR count). The largest absolute Gasteiger partial charge is 0.508 e. The van der Waals surface area contributed by atoms with Crippen molar-refractivity contribution in [3.05, 3.63) is 72.3 Å². The summed E-state index contributed by atoms with van der Waals surface area (Å²) in [6.45, 7) is 0.808. The van der Waals surface area contributed by atoms with Gasteiger partial charge in [-0.25, -0.2) is 4.68 Å². The van der Waals surface area contributed by atoms with Crippen LogP contribution in [-0.4, -0.2) is 26.5 Å². The van der Waals surface area contributed by atoms with Gasteiger partial charge in [0.1, 0.15) is 18.4 Å². The highest BCUT2D eigenvalue weighted by molar-refractivity contribution is 5.49. The summed E-state index contributed by atoms with van der Waals surface area (Å²) in [4.78, 5) is 0. The van der Waals surface area contributed by atoms with Crippen molar-refractivity contribution in [1.29, 1.82) is 5.26 Å². The summed E-state index contributed by atoms with van der Waals surface area (Å²) in [5.41, 5.74) is 2.84. The Balaban J connectivity index is 1.62. The number of aromatic nitrogens is 3. The first-order valence-electron chi connectivity index (χ1n) is 8.17. The van der Waals surface area contributed by atoms with Crippen molar-refractivity contribution in [2.75, 3.05) is 11.6 Å². The highest BCUT2D eigenvalue weighted by Gasteiger charge is 2.09. The molecule has 2 aromatic carbocycles. The molecule has 3 aromatic rings. The molecule has 0 fully saturated rings. The molecule has 0 bridgehead atoms. The molecule has 1 aromatic heterocycles. The number of nitrogens with zero attached hydrogens (tertiary/aromatic N) is 5. The Morgan fingerprint density at radius 2 is 1.64 bits per heavy atom. The van der Waals surface area contributed by atoms with Crippen LogP contribution in [0.3, 0.4) is 0 Å². The molecule has 0 atom stereocenters. The predicted molar refractivity (Wildman–Crippen MR) is 95.0 cm³/mol. The molecule has 0 aliphatic carbocycles. The molecular weight excluding hydrogens is 314 g/mol. The lowest BCUT2D eigenvalue weighted by atomic mass is 10.1. The standard InChI is InChI=1S/C19H19N5O/c20-13-17-4-8-18(9-5-17)24(23-14-21-22-15-23)12-2-1-3-16-6-10-19(25)11-7-16/h4-11,14-15,25H,1-3,12H2. The normalized spacial score (nSPS) is 10.4. The third-order valence-electron chi connectivity index (χ3n) is 4.00. The second-order valence-electron chi connectivity index (χ2n) is 5.75. The number of hydrogen-bond donors (Lipinski definition) is 1. The molecule has 126 valence electrons. The Morgan fingerprint density at radius 1 is 0.960 bits per heavy atom. The van der Waals surface area contributed by atoms with Crippen LogP contribution in [0.25, 0.3) is 0 Å². The monoisotopic (exact) mass is 333 g/mol. The third-order valence-corrected chi connectivity index (χ3v) is 4.00. The lowest BCUT2D eigenvalue weighted by Crippen LogP contribution is -2.29. The van der Waals surface area contributed by atoms with Crippen LogP contribution < -0.4 is 5.01 Å². The smallest absolute Gasteiger partial charge is 0.139 e. The van der Waals surface area contributed by atoms with Gasteiger partial charge in [0.15, 0.2) is 0 Å². The van der Waals surface area contributed by atoms with Crippen LogP contribution in [0.4, 0.5) is 5.69 Å². The summed E-state index contributed by atoms with van der Waals surface area (Å²) < 4.78 is 1.85.